The predicted molar refractivity (Wildman–Crippen MR) is 156 cm³/mol. The summed E-state index contributed by atoms with van der Waals surface area (Å²) in [5.74, 6) is -1.40. The van der Waals surface area contributed by atoms with Crippen LogP contribution in [0.1, 0.15) is 30.0 Å². The van der Waals surface area contributed by atoms with E-state index in [-0.39, 0.29) is 32.0 Å². The van der Waals surface area contributed by atoms with Crippen LogP contribution >= 0.6 is 0 Å². The van der Waals surface area contributed by atoms with E-state index in [2.05, 4.69) is 0 Å². The molecule has 2 saturated heterocycles. The number of hydrogen-bond donors (Lipinski definition) is 0. The molecule has 0 spiro atoms. The van der Waals surface area contributed by atoms with Gasteiger partial charge in [-0.1, -0.05) is 104 Å². The van der Waals surface area contributed by atoms with E-state index in [0.717, 1.165) is 16.7 Å². The van der Waals surface area contributed by atoms with Gasteiger partial charge in [-0.25, -0.2) is 19.4 Å². The van der Waals surface area contributed by atoms with Gasteiger partial charge in [-0.3, -0.25) is 9.59 Å². The zero-order valence-corrected chi connectivity index (χ0v) is 23.6. The summed E-state index contributed by atoms with van der Waals surface area (Å²) >= 11 is 0. The van der Waals surface area contributed by atoms with Crippen molar-refractivity contribution in [3.63, 3.8) is 0 Å². The number of cyclic esters (lactones) is 2. The van der Waals surface area contributed by atoms with Crippen LogP contribution < -0.4 is 0 Å². The van der Waals surface area contributed by atoms with E-state index in [4.69, 9.17) is 9.47 Å². The molecule has 0 radical (unpaired) electrons. The van der Waals surface area contributed by atoms with Gasteiger partial charge in [0.05, 0.1) is 12.1 Å². The number of rotatable bonds is 10. The summed E-state index contributed by atoms with van der Waals surface area (Å²) < 4.78 is 10.5. The Labute approximate surface area is 245 Å². The third-order valence-corrected chi connectivity index (χ3v) is 7.66. The molecule has 5 rings (SSSR count). The number of nitrogens with zero attached hydrogens (tertiary/aromatic N) is 2. The van der Waals surface area contributed by atoms with Crippen molar-refractivity contribution >= 4 is 24.0 Å². The van der Waals surface area contributed by atoms with E-state index in [0.29, 0.717) is 18.4 Å². The van der Waals surface area contributed by atoms with Crippen LogP contribution in [0.3, 0.4) is 0 Å². The largest absolute Gasteiger partial charge is 0.447 e. The van der Waals surface area contributed by atoms with Crippen LogP contribution in [-0.2, 0) is 38.3 Å². The van der Waals surface area contributed by atoms with Gasteiger partial charge in [0.2, 0.25) is 5.91 Å². The molecule has 42 heavy (non-hydrogen) atoms. The maximum atomic E-state index is 13.9. The number of carbonyl (C=O) groups excluding carboxylic acids is 4. The number of allylic oxidation sites excluding steroid dienone is 1. The van der Waals surface area contributed by atoms with Crippen molar-refractivity contribution in [1.29, 1.82) is 0 Å². The number of imide groups is 2. The lowest BCUT2D eigenvalue weighted by atomic mass is 9.97. The first-order chi connectivity index (χ1) is 20.4. The molecular formula is C34H34N2O6. The van der Waals surface area contributed by atoms with Crippen LogP contribution in [0.2, 0.25) is 0 Å². The summed E-state index contributed by atoms with van der Waals surface area (Å²) in [7, 11) is 0. The van der Waals surface area contributed by atoms with Crippen LogP contribution in [0.4, 0.5) is 9.59 Å². The molecule has 0 aromatic heterocycles. The van der Waals surface area contributed by atoms with Crippen molar-refractivity contribution in [3.05, 3.63) is 119 Å². The van der Waals surface area contributed by atoms with E-state index in [1.54, 1.807) is 13.0 Å². The summed E-state index contributed by atoms with van der Waals surface area (Å²) in [6.45, 7) is 1.99. The summed E-state index contributed by atoms with van der Waals surface area (Å²) in [5.41, 5.74) is 3.29. The third kappa shape index (κ3) is 6.77. The molecule has 8 heteroatoms. The lowest BCUT2D eigenvalue weighted by molar-refractivity contribution is -0.133. The molecule has 0 N–H and O–H groups in total. The Bertz CT molecular complexity index is 1440. The van der Waals surface area contributed by atoms with Crippen LogP contribution in [0, 0.1) is 5.92 Å². The van der Waals surface area contributed by atoms with Crippen LogP contribution in [0.25, 0.3) is 0 Å². The Balaban J connectivity index is 1.34. The van der Waals surface area contributed by atoms with Crippen molar-refractivity contribution in [2.24, 2.45) is 5.92 Å². The zero-order chi connectivity index (χ0) is 29.5. The Hall–Kier alpha value is -4.72. The fourth-order valence-corrected chi connectivity index (χ4v) is 5.38. The van der Waals surface area contributed by atoms with Crippen molar-refractivity contribution in [1.82, 2.24) is 9.80 Å². The standard InChI is InChI=1S/C34H34N2O6/c1-24(31(37)35-29(22-41-33(35)39)20-26-13-7-3-8-14-26)17-18-28(19-25-11-5-2-6-12-25)32(38)36-30(23-42-34(36)40)21-27-15-9-4-10-16-27/h2-16,18,24,29-30H,17,19-23H2,1H3/b28-18+. The maximum absolute atomic E-state index is 13.9. The SMILES string of the molecule is CC(C/C=C(\Cc1ccccc1)C(=O)N1C(=O)OCC1Cc1ccccc1)C(=O)N1C(=O)OCC1Cc1ccccc1. The minimum Gasteiger partial charge on any atom is -0.447 e. The smallest absolute Gasteiger partial charge is 0.417 e. The summed E-state index contributed by atoms with van der Waals surface area (Å²) in [6, 6.07) is 27.9. The van der Waals surface area contributed by atoms with E-state index in [1.165, 1.54) is 9.80 Å². The highest BCUT2D eigenvalue weighted by Gasteiger charge is 2.41. The minimum atomic E-state index is -0.674. The first-order valence-electron chi connectivity index (χ1n) is 14.2. The van der Waals surface area contributed by atoms with Gasteiger partial charge in [0.1, 0.15) is 13.2 Å². The molecule has 2 aliphatic rings. The van der Waals surface area contributed by atoms with Gasteiger partial charge in [-0.2, -0.15) is 0 Å². The van der Waals surface area contributed by atoms with Gasteiger partial charge in [-0.05, 0) is 36.0 Å². The average Bonchev–Trinajstić information content (AvgIpc) is 3.56. The molecule has 8 nitrogen and oxygen atoms in total. The molecular weight excluding hydrogens is 532 g/mol. The van der Waals surface area contributed by atoms with E-state index >= 15 is 0 Å². The molecule has 3 unspecified atom stereocenters. The van der Waals surface area contributed by atoms with Crippen LogP contribution in [0.15, 0.2) is 103 Å². The fourth-order valence-electron chi connectivity index (χ4n) is 5.38. The van der Waals surface area contributed by atoms with E-state index < -0.39 is 36.1 Å². The van der Waals surface area contributed by atoms with Crippen molar-refractivity contribution < 1.29 is 28.7 Å². The second-order valence-corrected chi connectivity index (χ2v) is 10.8. The predicted octanol–water partition coefficient (Wildman–Crippen LogP) is 5.36. The Kier molecular flexibility index (Phi) is 9.12. The summed E-state index contributed by atoms with van der Waals surface area (Å²) in [5, 5.41) is 0. The van der Waals surface area contributed by atoms with Gasteiger partial charge in [0, 0.05) is 17.9 Å². The Morgan fingerprint density at radius 1 is 0.738 bits per heavy atom. The molecule has 2 heterocycles. The van der Waals surface area contributed by atoms with Gasteiger partial charge < -0.3 is 9.47 Å². The molecule has 3 atom stereocenters. The monoisotopic (exact) mass is 566 g/mol. The first kappa shape index (κ1) is 28.8. The van der Waals surface area contributed by atoms with Gasteiger partial charge in [0.25, 0.3) is 5.91 Å². The number of amides is 4. The highest BCUT2D eigenvalue weighted by atomic mass is 16.6. The van der Waals surface area contributed by atoms with Gasteiger partial charge >= 0.3 is 12.2 Å². The molecule has 0 saturated carbocycles. The maximum Gasteiger partial charge on any atom is 0.417 e. The summed E-state index contributed by atoms with van der Waals surface area (Å²) in [4.78, 5) is 55.1. The highest BCUT2D eigenvalue weighted by Crippen LogP contribution is 2.25. The molecule has 2 fully saturated rings. The molecule has 2 aliphatic heterocycles. The molecule has 3 aromatic carbocycles. The Morgan fingerprint density at radius 2 is 1.19 bits per heavy atom. The Morgan fingerprint density at radius 3 is 1.71 bits per heavy atom. The molecule has 216 valence electrons. The van der Waals surface area contributed by atoms with Crippen molar-refractivity contribution in [2.45, 2.75) is 44.7 Å². The van der Waals surface area contributed by atoms with Gasteiger partial charge in [0.15, 0.2) is 0 Å². The molecule has 0 aliphatic carbocycles. The van der Waals surface area contributed by atoms with Crippen LogP contribution in [-0.4, -0.2) is 59.1 Å². The average molecular weight is 567 g/mol. The van der Waals surface area contributed by atoms with Crippen molar-refractivity contribution in [2.75, 3.05) is 13.2 Å². The third-order valence-electron chi connectivity index (χ3n) is 7.66. The number of carbonyl (C=O) groups is 4. The quantitative estimate of drug-likeness (QED) is 0.307. The fraction of sp³-hybridized carbons (Fsp3) is 0.294. The van der Waals surface area contributed by atoms with E-state index in [9.17, 15) is 19.2 Å². The number of ether oxygens (including phenoxy) is 2. The second kappa shape index (κ2) is 13.3. The van der Waals surface area contributed by atoms with Gasteiger partial charge in [-0.15, -0.1) is 0 Å². The zero-order valence-electron chi connectivity index (χ0n) is 23.6. The highest BCUT2D eigenvalue weighted by molar-refractivity contribution is 6.04. The first-order valence-corrected chi connectivity index (χ1v) is 14.2. The normalized spacial score (nSPS) is 19.4. The number of benzene rings is 3. The lowest BCUT2D eigenvalue weighted by Crippen LogP contribution is -2.43. The van der Waals surface area contributed by atoms with Crippen LogP contribution in [0.5, 0.6) is 0 Å². The summed E-state index contributed by atoms with van der Waals surface area (Å²) in [6.07, 6.45) is 1.86. The molecule has 0 bridgehead atoms. The topological polar surface area (TPSA) is 93.2 Å². The van der Waals surface area contributed by atoms with Crippen molar-refractivity contribution in [3.8, 4) is 0 Å². The minimum absolute atomic E-state index is 0.118. The second-order valence-electron chi connectivity index (χ2n) is 10.8. The molecule has 3 aromatic rings. The number of hydrogen-bond acceptors (Lipinski definition) is 6. The lowest BCUT2D eigenvalue weighted by Gasteiger charge is -2.23. The van der Waals surface area contributed by atoms with E-state index in [1.807, 2.05) is 91.0 Å². The molecule has 4 amide bonds.